The number of nitrogens with zero attached hydrogens (tertiary/aromatic N) is 3. The molecule has 0 saturated heterocycles. The Balaban J connectivity index is 1.80. The lowest BCUT2D eigenvalue weighted by molar-refractivity contribution is -0.141. The zero-order valence-electron chi connectivity index (χ0n) is 22.3. The van der Waals surface area contributed by atoms with E-state index in [9.17, 15) is 26.7 Å². The van der Waals surface area contributed by atoms with E-state index in [4.69, 9.17) is 16.0 Å². The van der Waals surface area contributed by atoms with Crippen LogP contribution in [0.2, 0.25) is 5.02 Å². The number of hydrogen-bond acceptors (Lipinski definition) is 6. The molecule has 3 aromatic carbocycles. The molecule has 13 heteroatoms. The first kappa shape index (κ1) is 29.5. The van der Waals surface area contributed by atoms with Crippen LogP contribution in [0.15, 0.2) is 70.1 Å². The average Bonchev–Trinajstić information content (AvgIpc) is 3.50. The van der Waals surface area contributed by atoms with E-state index < -0.39 is 34.1 Å². The number of aromatic nitrogens is 3. The summed E-state index contributed by atoms with van der Waals surface area (Å²) in [6.45, 7) is 2.19. The lowest BCUT2D eigenvalue weighted by Crippen LogP contribution is -2.06. The maximum Gasteiger partial charge on any atom is 0.434 e. The van der Waals surface area contributed by atoms with Gasteiger partial charge in [-0.25, -0.2) is 22.8 Å². The maximum absolute atomic E-state index is 15.0. The van der Waals surface area contributed by atoms with Crippen molar-refractivity contribution in [2.45, 2.75) is 31.5 Å². The summed E-state index contributed by atoms with van der Waals surface area (Å²) in [7, 11) is -3.93. The van der Waals surface area contributed by atoms with E-state index in [2.05, 4.69) is 9.97 Å². The molecule has 0 radical (unpaired) electrons. The molecule has 0 bridgehead atoms. The standard InChI is InChI=1S/C29H22ClF4N3O4S/c1-15-35-26(29(32,33)34)13-37(15)24-9-6-18(19-11-23(31)22(14-38)25(12-19)42(3,39)40)10-21(24)28-27(36-16(2)41-28)17-4-7-20(30)8-5-17/h4-13,38H,14H2,1-3H3. The van der Waals surface area contributed by atoms with Gasteiger partial charge in [0.1, 0.15) is 17.3 Å². The van der Waals surface area contributed by atoms with E-state index in [-0.39, 0.29) is 44.7 Å². The van der Waals surface area contributed by atoms with Crippen molar-refractivity contribution in [3.63, 3.8) is 0 Å². The van der Waals surface area contributed by atoms with Gasteiger partial charge in [0.05, 0.1) is 17.2 Å². The molecule has 0 aliphatic carbocycles. The van der Waals surface area contributed by atoms with Crippen molar-refractivity contribution in [3.05, 3.63) is 94.6 Å². The predicted octanol–water partition coefficient (Wildman–Crippen LogP) is 7.19. The fourth-order valence-electron chi connectivity index (χ4n) is 4.64. The first-order valence-electron chi connectivity index (χ1n) is 12.3. The first-order valence-corrected chi connectivity index (χ1v) is 14.6. The fourth-order valence-corrected chi connectivity index (χ4v) is 5.71. The monoisotopic (exact) mass is 619 g/mol. The fraction of sp³-hybridized carbons (Fsp3) is 0.172. The third kappa shape index (κ3) is 5.57. The number of oxazole rings is 1. The van der Waals surface area contributed by atoms with Crippen LogP contribution in [0.5, 0.6) is 0 Å². The van der Waals surface area contributed by atoms with E-state index in [1.165, 1.54) is 29.7 Å². The smallest absolute Gasteiger partial charge is 0.434 e. The number of hydrogen-bond donors (Lipinski definition) is 1. The molecule has 0 aliphatic rings. The summed E-state index contributed by atoms with van der Waals surface area (Å²) < 4.78 is 87.7. The highest BCUT2D eigenvalue weighted by molar-refractivity contribution is 7.90. The van der Waals surface area contributed by atoms with Crippen LogP contribution in [-0.2, 0) is 22.6 Å². The lowest BCUT2D eigenvalue weighted by Gasteiger charge is -2.15. The molecule has 5 rings (SSSR count). The Kier molecular flexibility index (Phi) is 7.50. The van der Waals surface area contributed by atoms with Crippen LogP contribution in [0.1, 0.15) is 23.0 Å². The molecule has 2 aromatic heterocycles. The quantitative estimate of drug-likeness (QED) is 0.202. The third-order valence-electron chi connectivity index (χ3n) is 6.57. The van der Waals surface area contributed by atoms with Gasteiger partial charge in [0, 0.05) is 41.1 Å². The number of sulfone groups is 1. The predicted molar refractivity (Wildman–Crippen MR) is 148 cm³/mol. The van der Waals surface area contributed by atoms with Crippen molar-refractivity contribution in [1.82, 2.24) is 14.5 Å². The van der Waals surface area contributed by atoms with Gasteiger partial charge in [0.15, 0.2) is 27.2 Å². The van der Waals surface area contributed by atoms with E-state index in [0.29, 0.717) is 21.8 Å². The van der Waals surface area contributed by atoms with Crippen molar-refractivity contribution < 1.29 is 35.5 Å². The summed E-state index contributed by atoms with van der Waals surface area (Å²) in [6.07, 6.45) is -2.94. The number of imidazole rings is 1. The molecule has 7 nitrogen and oxygen atoms in total. The van der Waals surface area contributed by atoms with E-state index >= 15 is 4.39 Å². The molecule has 0 saturated carbocycles. The Labute approximate surface area is 243 Å². The summed E-state index contributed by atoms with van der Waals surface area (Å²) in [5.41, 5.74) is 0.520. The zero-order chi connectivity index (χ0) is 30.6. The SMILES string of the molecule is Cc1nc(-c2ccc(Cl)cc2)c(-c2cc(-c3cc(F)c(CO)c(S(C)(=O)=O)c3)ccc2-n2cc(C(F)(F)F)nc2C)o1. The summed E-state index contributed by atoms with van der Waals surface area (Å²) in [6, 6.07) is 13.6. The molecule has 2 heterocycles. The van der Waals surface area contributed by atoms with E-state index in [1.807, 2.05) is 0 Å². The molecule has 0 unspecified atom stereocenters. The Bertz CT molecular complexity index is 1930. The third-order valence-corrected chi connectivity index (χ3v) is 7.99. The molecule has 1 N–H and O–H groups in total. The number of aliphatic hydroxyl groups excluding tert-OH is 1. The van der Waals surface area contributed by atoms with Crippen LogP contribution in [0.4, 0.5) is 17.6 Å². The minimum atomic E-state index is -4.69. The first-order chi connectivity index (χ1) is 19.7. The van der Waals surface area contributed by atoms with Crippen molar-refractivity contribution in [1.29, 1.82) is 0 Å². The second-order valence-electron chi connectivity index (χ2n) is 9.56. The van der Waals surface area contributed by atoms with Gasteiger partial charge in [-0.15, -0.1) is 0 Å². The van der Waals surface area contributed by atoms with E-state index in [0.717, 1.165) is 18.5 Å². The van der Waals surface area contributed by atoms with Gasteiger partial charge in [0.2, 0.25) is 0 Å². The van der Waals surface area contributed by atoms with Crippen molar-refractivity contribution in [2.24, 2.45) is 0 Å². The Morgan fingerprint density at radius 3 is 2.24 bits per heavy atom. The average molecular weight is 620 g/mol. The largest absolute Gasteiger partial charge is 0.440 e. The Hall–Kier alpha value is -4.00. The zero-order valence-corrected chi connectivity index (χ0v) is 23.9. The second-order valence-corrected chi connectivity index (χ2v) is 12.0. The summed E-state index contributed by atoms with van der Waals surface area (Å²) in [5.74, 6) is -0.427. The van der Waals surface area contributed by atoms with Crippen LogP contribution in [0.3, 0.4) is 0 Å². The van der Waals surface area contributed by atoms with Gasteiger partial charge in [-0.2, -0.15) is 13.2 Å². The van der Waals surface area contributed by atoms with Gasteiger partial charge in [-0.3, -0.25) is 0 Å². The number of rotatable bonds is 6. The normalized spacial score (nSPS) is 12.2. The summed E-state index contributed by atoms with van der Waals surface area (Å²) >= 11 is 6.06. The van der Waals surface area contributed by atoms with Crippen molar-refractivity contribution in [2.75, 3.05) is 6.26 Å². The molecule has 0 atom stereocenters. The van der Waals surface area contributed by atoms with Crippen LogP contribution in [0, 0.1) is 19.7 Å². The number of aryl methyl sites for hydroxylation is 2. The molecule has 218 valence electrons. The Morgan fingerprint density at radius 1 is 0.976 bits per heavy atom. The molecule has 0 spiro atoms. The van der Waals surface area contributed by atoms with Gasteiger partial charge in [0.25, 0.3) is 0 Å². The highest BCUT2D eigenvalue weighted by Gasteiger charge is 2.35. The molecule has 0 aliphatic heterocycles. The highest BCUT2D eigenvalue weighted by Crippen LogP contribution is 2.40. The van der Waals surface area contributed by atoms with Gasteiger partial charge < -0.3 is 14.1 Å². The van der Waals surface area contributed by atoms with Crippen LogP contribution < -0.4 is 0 Å². The van der Waals surface area contributed by atoms with Crippen molar-refractivity contribution in [3.8, 4) is 39.4 Å². The molecule has 0 fully saturated rings. The van der Waals surface area contributed by atoms with Gasteiger partial charge in [-0.05, 0) is 54.4 Å². The summed E-state index contributed by atoms with van der Waals surface area (Å²) in [4.78, 5) is 7.78. The van der Waals surface area contributed by atoms with Crippen LogP contribution >= 0.6 is 11.6 Å². The topological polar surface area (TPSA) is 98.2 Å². The number of halogens is 5. The Morgan fingerprint density at radius 2 is 1.64 bits per heavy atom. The number of aliphatic hydroxyl groups is 1. The van der Waals surface area contributed by atoms with Crippen molar-refractivity contribution >= 4 is 21.4 Å². The van der Waals surface area contributed by atoms with Crippen LogP contribution in [-0.4, -0.2) is 34.3 Å². The minimum absolute atomic E-state index is 0.0401. The number of alkyl halides is 3. The molecule has 42 heavy (non-hydrogen) atoms. The molecular weight excluding hydrogens is 598 g/mol. The lowest BCUT2D eigenvalue weighted by atomic mass is 9.97. The van der Waals surface area contributed by atoms with Crippen LogP contribution in [0.25, 0.3) is 39.4 Å². The summed E-state index contributed by atoms with van der Waals surface area (Å²) in [5, 5.41) is 10.1. The molecule has 0 amide bonds. The molecular formula is C29H22ClF4N3O4S. The number of benzene rings is 3. The van der Waals surface area contributed by atoms with Gasteiger partial charge in [-0.1, -0.05) is 29.8 Å². The molecule has 5 aromatic rings. The highest BCUT2D eigenvalue weighted by atomic mass is 35.5. The minimum Gasteiger partial charge on any atom is -0.440 e. The maximum atomic E-state index is 15.0. The van der Waals surface area contributed by atoms with E-state index in [1.54, 1.807) is 37.3 Å². The second kappa shape index (κ2) is 10.7. The van der Waals surface area contributed by atoms with Gasteiger partial charge >= 0.3 is 6.18 Å².